The summed E-state index contributed by atoms with van der Waals surface area (Å²) in [5, 5.41) is 5.31. The van der Waals surface area contributed by atoms with Crippen molar-refractivity contribution in [3.63, 3.8) is 0 Å². The Morgan fingerprint density at radius 2 is 1.93 bits per heavy atom. The fraction of sp³-hybridized carbons (Fsp3) is 0.619. The molecule has 0 bridgehead atoms. The first-order valence-corrected chi connectivity index (χ1v) is 10.1. The number of carbonyl (C=O) groups is 2. The molecular formula is C21H30N2O5. The molecule has 1 saturated heterocycles. The second kappa shape index (κ2) is 9.39. The van der Waals surface area contributed by atoms with Crippen LogP contribution in [0.1, 0.15) is 46.0 Å². The maximum Gasteiger partial charge on any atom is 0.313 e. The molecule has 2 fully saturated rings. The van der Waals surface area contributed by atoms with Crippen molar-refractivity contribution in [2.24, 2.45) is 0 Å². The molecule has 0 radical (unpaired) electrons. The van der Waals surface area contributed by atoms with Crippen LogP contribution >= 0.6 is 0 Å². The predicted octanol–water partition coefficient (Wildman–Crippen LogP) is 2.65. The lowest BCUT2D eigenvalue weighted by Crippen LogP contribution is -2.52. The Balaban J connectivity index is 1.42. The van der Waals surface area contributed by atoms with Gasteiger partial charge >= 0.3 is 11.8 Å². The minimum Gasteiger partial charge on any atom is -0.491 e. The van der Waals surface area contributed by atoms with E-state index in [1.54, 1.807) is 24.3 Å². The summed E-state index contributed by atoms with van der Waals surface area (Å²) in [5.74, 6) is -0.639. The Morgan fingerprint density at radius 3 is 2.50 bits per heavy atom. The zero-order chi connectivity index (χ0) is 20.0. The maximum absolute atomic E-state index is 12.1. The van der Waals surface area contributed by atoms with Crippen LogP contribution in [0, 0.1) is 0 Å². The number of rotatable bonds is 8. The smallest absolute Gasteiger partial charge is 0.313 e. The molecule has 1 heterocycles. The largest absolute Gasteiger partial charge is 0.491 e. The van der Waals surface area contributed by atoms with E-state index in [1.165, 1.54) is 0 Å². The fourth-order valence-electron chi connectivity index (χ4n) is 3.52. The van der Waals surface area contributed by atoms with E-state index in [-0.39, 0.29) is 17.8 Å². The van der Waals surface area contributed by atoms with E-state index in [0.717, 1.165) is 38.7 Å². The highest BCUT2D eigenvalue weighted by Crippen LogP contribution is 2.36. The third-order valence-electron chi connectivity index (χ3n) is 5.10. The summed E-state index contributed by atoms with van der Waals surface area (Å²) in [6, 6.07) is 6.96. The maximum atomic E-state index is 12.1. The van der Waals surface area contributed by atoms with Crippen molar-refractivity contribution in [2.45, 2.75) is 63.8 Å². The Labute approximate surface area is 166 Å². The molecule has 28 heavy (non-hydrogen) atoms. The van der Waals surface area contributed by atoms with Crippen LogP contribution in [0.2, 0.25) is 0 Å². The van der Waals surface area contributed by atoms with Crippen LogP contribution in [0.4, 0.5) is 5.69 Å². The molecule has 1 unspecified atom stereocenters. The fourth-order valence-corrected chi connectivity index (χ4v) is 3.52. The zero-order valence-corrected chi connectivity index (χ0v) is 16.7. The molecule has 7 nitrogen and oxygen atoms in total. The molecule has 3 rings (SSSR count). The average Bonchev–Trinajstić information content (AvgIpc) is 3.16. The second-order valence-corrected chi connectivity index (χ2v) is 7.81. The summed E-state index contributed by atoms with van der Waals surface area (Å²) in [6.45, 7) is 5.62. The molecule has 154 valence electrons. The Hall–Kier alpha value is -2.12. The highest BCUT2D eigenvalue weighted by Gasteiger charge is 2.39. The number of hydrogen-bond acceptors (Lipinski definition) is 5. The number of benzene rings is 1. The third-order valence-corrected chi connectivity index (χ3v) is 5.10. The molecule has 1 aromatic carbocycles. The molecule has 0 spiro atoms. The molecule has 7 heteroatoms. The van der Waals surface area contributed by atoms with Crippen molar-refractivity contribution < 1.29 is 23.8 Å². The number of hydrogen-bond donors (Lipinski definition) is 2. The van der Waals surface area contributed by atoms with Crippen LogP contribution in [0.15, 0.2) is 24.3 Å². The number of nitrogens with one attached hydrogen (secondary N) is 2. The Kier molecular flexibility index (Phi) is 6.91. The van der Waals surface area contributed by atoms with Crippen LogP contribution < -0.4 is 15.4 Å². The van der Waals surface area contributed by atoms with Gasteiger partial charge in [0.15, 0.2) is 0 Å². The van der Waals surface area contributed by atoms with Gasteiger partial charge in [-0.25, -0.2) is 0 Å². The monoisotopic (exact) mass is 390 g/mol. The average molecular weight is 390 g/mol. The van der Waals surface area contributed by atoms with E-state index < -0.39 is 11.8 Å². The van der Waals surface area contributed by atoms with Gasteiger partial charge in [0.2, 0.25) is 0 Å². The molecular weight excluding hydrogens is 360 g/mol. The van der Waals surface area contributed by atoms with E-state index in [9.17, 15) is 9.59 Å². The van der Waals surface area contributed by atoms with E-state index in [0.29, 0.717) is 24.6 Å². The quantitative estimate of drug-likeness (QED) is 0.667. The Morgan fingerprint density at radius 1 is 1.18 bits per heavy atom. The molecule has 1 aliphatic heterocycles. The molecule has 2 N–H and O–H groups in total. The lowest BCUT2D eigenvalue weighted by Gasteiger charge is -2.43. The molecule has 0 aromatic heterocycles. The molecule has 1 atom stereocenters. The molecule has 1 aromatic rings. The summed E-state index contributed by atoms with van der Waals surface area (Å²) in [7, 11) is 0. The minimum absolute atomic E-state index is 0.0898. The number of ether oxygens (including phenoxy) is 3. The number of anilines is 1. The first kappa shape index (κ1) is 20.6. The van der Waals surface area contributed by atoms with E-state index >= 15 is 0 Å². The van der Waals surface area contributed by atoms with Gasteiger partial charge in [0.25, 0.3) is 0 Å². The predicted molar refractivity (Wildman–Crippen MR) is 105 cm³/mol. The van der Waals surface area contributed by atoms with Crippen molar-refractivity contribution >= 4 is 17.5 Å². The van der Waals surface area contributed by atoms with Gasteiger partial charge in [-0.3, -0.25) is 9.59 Å². The highest BCUT2D eigenvalue weighted by atomic mass is 16.5. The summed E-state index contributed by atoms with van der Waals surface area (Å²) in [4.78, 5) is 24.2. The third kappa shape index (κ3) is 5.69. The van der Waals surface area contributed by atoms with Gasteiger partial charge in [-0.15, -0.1) is 0 Å². The highest BCUT2D eigenvalue weighted by molar-refractivity contribution is 6.39. The lowest BCUT2D eigenvalue weighted by atomic mass is 9.79. The van der Waals surface area contributed by atoms with Crippen molar-refractivity contribution in [2.75, 3.05) is 25.1 Å². The summed E-state index contributed by atoms with van der Waals surface area (Å²) in [5.41, 5.74) is 0.216. The topological polar surface area (TPSA) is 85.9 Å². The molecule has 2 aliphatic rings. The van der Waals surface area contributed by atoms with E-state index in [4.69, 9.17) is 14.2 Å². The van der Waals surface area contributed by atoms with E-state index in [1.807, 2.05) is 13.8 Å². The Bertz CT molecular complexity index is 664. The normalized spacial score (nSPS) is 20.5. The van der Waals surface area contributed by atoms with E-state index in [2.05, 4.69) is 10.6 Å². The van der Waals surface area contributed by atoms with Gasteiger partial charge in [-0.05, 0) is 70.2 Å². The van der Waals surface area contributed by atoms with Gasteiger partial charge in [0, 0.05) is 18.8 Å². The van der Waals surface area contributed by atoms with Crippen molar-refractivity contribution in [1.29, 1.82) is 0 Å². The lowest BCUT2D eigenvalue weighted by molar-refractivity contribution is -0.143. The molecule has 2 amide bonds. The van der Waals surface area contributed by atoms with Gasteiger partial charge in [0.1, 0.15) is 12.4 Å². The van der Waals surface area contributed by atoms with Gasteiger partial charge in [-0.2, -0.15) is 0 Å². The van der Waals surface area contributed by atoms with Crippen molar-refractivity contribution in [1.82, 2.24) is 5.32 Å². The first-order chi connectivity index (χ1) is 13.5. The zero-order valence-electron chi connectivity index (χ0n) is 16.7. The standard InChI is InChI=1S/C21H30N2O5/c1-15(2)28-21(10-4-11-21)14-22-19(24)20(25)23-16-6-8-17(9-7-16)27-13-18-5-3-12-26-18/h6-9,15,18H,3-5,10-14H2,1-2H3,(H,22,24)(H,23,25). The molecule has 1 saturated carbocycles. The number of amides is 2. The molecule has 1 aliphatic carbocycles. The summed E-state index contributed by atoms with van der Waals surface area (Å²) in [6.07, 6.45) is 5.23. The van der Waals surface area contributed by atoms with Crippen molar-refractivity contribution in [3.05, 3.63) is 24.3 Å². The summed E-state index contributed by atoms with van der Waals surface area (Å²) >= 11 is 0. The van der Waals surface area contributed by atoms with Crippen LogP contribution in [0.3, 0.4) is 0 Å². The SMILES string of the molecule is CC(C)OC1(CNC(=O)C(=O)Nc2ccc(OCC3CCCO3)cc2)CCC1. The van der Waals surface area contributed by atoms with Gasteiger partial charge < -0.3 is 24.8 Å². The van der Waals surface area contributed by atoms with Crippen LogP contribution in [0.25, 0.3) is 0 Å². The van der Waals surface area contributed by atoms with Crippen LogP contribution in [-0.2, 0) is 19.1 Å². The van der Waals surface area contributed by atoms with Crippen molar-refractivity contribution in [3.8, 4) is 5.75 Å². The number of carbonyl (C=O) groups excluding carboxylic acids is 2. The second-order valence-electron chi connectivity index (χ2n) is 7.81. The van der Waals surface area contributed by atoms with Gasteiger partial charge in [-0.1, -0.05) is 0 Å². The minimum atomic E-state index is -0.688. The summed E-state index contributed by atoms with van der Waals surface area (Å²) < 4.78 is 17.1. The first-order valence-electron chi connectivity index (χ1n) is 10.1. The van der Waals surface area contributed by atoms with Crippen LogP contribution in [-0.4, -0.2) is 49.4 Å². The van der Waals surface area contributed by atoms with Gasteiger partial charge in [0.05, 0.1) is 17.8 Å². The van der Waals surface area contributed by atoms with Crippen LogP contribution in [0.5, 0.6) is 5.75 Å².